The third-order valence-corrected chi connectivity index (χ3v) is 5.17. The van der Waals surface area contributed by atoms with E-state index in [-0.39, 0.29) is 5.75 Å². The van der Waals surface area contributed by atoms with E-state index in [1.165, 1.54) is 0 Å². The number of hydrogen-bond acceptors (Lipinski definition) is 5. The van der Waals surface area contributed by atoms with Gasteiger partial charge in [-0.1, -0.05) is 6.42 Å². The Labute approximate surface area is 95.0 Å². The summed E-state index contributed by atoms with van der Waals surface area (Å²) in [5.41, 5.74) is 0. The van der Waals surface area contributed by atoms with Crippen molar-refractivity contribution in [2.75, 3.05) is 18.1 Å². The van der Waals surface area contributed by atoms with Crippen molar-refractivity contribution < 1.29 is 8.42 Å². The fraction of sp³-hybridized carbons (Fsp3) is 0.778. The predicted octanol–water partition coefficient (Wildman–Crippen LogP) is 0.497. The summed E-state index contributed by atoms with van der Waals surface area (Å²) in [6.07, 6.45) is 2.35. The zero-order valence-corrected chi connectivity index (χ0v) is 10.3. The summed E-state index contributed by atoms with van der Waals surface area (Å²) in [5.74, 6) is 1.40. The third kappa shape index (κ3) is 1.79. The molecule has 0 aromatic carbocycles. The molecule has 1 unspecified atom stereocenters. The maximum Gasteiger partial charge on any atom is 0.224 e. The van der Waals surface area contributed by atoms with E-state index in [4.69, 9.17) is 0 Å². The minimum Gasteiger partial charge on any atom is -0.357 e. The number of nitrogens with one attached hydrogen (secondary N) is 1. The van der Waals surface area contributed by atoms with Crippen LogP contribution < -0.4 is 5.32 Å². The van der Waals surface area contributed by atoms with Crippen molar-refractivity contribution in [3.8, 4) is 0 Å². The van der Waals surface area contributed by atoms with Crippen molar-refractivity contribution in [3.05, 3.63) is 5.82 Å². The summed E-state index contributed by atoms with van der Waals surface area (Å²) < 4.78 is 25.6. The average molecular weight is 244 g/mol. The lowest BCUT2D eigenvalue weighted by Crippen LogP contribution is -2.24. The summed E-state index contributed by atoms with van der Waals surface area (Å²) in [6.45, 7) is 0. The summed E-state index contributed by atoms with van der Waals surface area (Å²) in [4.78, 5) is 0. The van der Waals surface area contributed by atoms with Gasteiger partial charge in [-0.2, -0.15) is 0 Å². The van der Waals surface area contributed by atoms with Gasteiger partial charge in [0.15, 0.2) is 15.7 Å². The van der Waals surface area contributed by atoms with Crippen molar-refractivity contribution in [3.63, 3.8) is 0 Å². The first-order chi connectivity index (χ1) is 7.56. The van der Waals surface area contributed by atoms with Gasteiger partial charge < -0.3 is 5.32 Å². The molecule has 1 aromatic heterocycles. The zero-order chi connectivity index (χ0) is 11.8. The van der Waals surface area contributed by atoms with Crippen molar-refractivity contribution >= 4 is 15.8 Å². The fourth-order valence-electron chi connectivity index (χ4n) is 2.08. The maximum atomic E-state index is 11.9. The van der Waals surface area contributed by atoms with Crippen molar-refractivity contribution in [1.82, 2.24) is 14.8 Å². The zero-order valence-electron chi connectivity index (χ0n) is 9.47. The first-order valence-electron chi connectivity index (χ1n) is 5.35. The molecule has 1 aliphatic rings. The third-order valence-electron chi connectivity index (χ3n) is 3.00. The van der Waals surface area contributed by atoms with Gasteiger partial charge in [0.2, 0.25) is 5.95 Å². The van der Waals surface area contributed by atoms with Crippen LogP contribution in [0, 0.1) is 0 Å². The molecule has 0 radical (unpaired) electrons. The summed E-state index contributed by atoms with van der Waals surface area (Å²) in [6, 6.07) is 0. The second-order valence-corrected chi connectivity index (χ2v) is 6.35. The highest BCUT2D eigenvalue weighted by Gasteiger charge is 2.34. The second kappa shape index (κ2) is 4.04. The average Bonchev–Trinajstić information content (AvgIpc) is 2.59. The SMILES string of the molecule is CNc1nnc(C2CCCCS2(=O)=O)n1C. The Hall–Kier alpha value is -1.11. The molecule has 1 N–H and O–H groups in total. The second-order valence-electron chi connectivity index (χ2n) is 4.04. The van der Waals surface area contributed by atoms with Gasteiger partial charge in [-0.3, -0.25) is 4.57 Å². The first kappa shape index (κ1) is 11.4. The quantitative estimate of drug-likeness (QED) is 0.819. The van der Waals surface area contributed by atoms with Crippen LogP contribution >= 0.6 is 0 Å². The molecule has 0 spiro atoms. The molecular weight excluding hydrogens is 228 g/mol. The van der Waals surface area contributed by atoms with E-state index in [0.717, 1.165) is 12.8 Å². The molecule has 2 heterocycles. The van der Waals surface area contributed by atoms with E-state index >= 15 is 0 Å². The fourth-order valence-corrected chi connectivity index (χ4v) is 4.03. The van der Waals surface area contributed by atoms with Gasteiger partial charge in [0.1, 0.15) is 5.25 Å². The Balaban J connectivity index is 2.39. The highest BCUT2D eigenvalue weighted by atomic mass is 32.2. The molecular formula is C9H16N4O2S. The van der Waals surface area contributed by atoms with Gasteiger partial charge in [-0.25, -0.2) is 8.42 Å². The van der Waals surface area contributed by atoms with Gasteiger partial charge in [0, 0.05) is 14.1 Å². The molecule has 7 heteroatoms. The predicted molar refractivity (Wildman–Crippen MR) is 60.9 cm³/mol. The van der Waals surface area contributed by atoms with Gasteiger partial charge in [0.25, 0.3) is 0 Å². The molecule has 0 aliphatic carbocycles. The standard InChI is InChI=1S/C9H16N4O2S/c1-10-9-12-11-8(13(9)2)7-5-3-4-6-16(7,14)15/h7H,3-6H2,1-2H3,(H,10,12). The van der Waals surface area contributed by atoms with E-state index < -0.39 is 15.1 Å². The van der Waals surface area contributed by atoms with E-state index in [1.54, 1.807) is 18.7 Å². The molecule has 0 bridgehead atoms. The number of rotatable bonds is 2. The van der Waals surface area contributed by atoms with Crippen LogP contribution in [0.4, 0.5) is 5.95 Å². The molecule has 0 saturated carbocycles. The van der Waals surface area contributed by atoms with Crippen LogP contribution in [0.3, 0.4) is 0 Å². The molecule has 0 amide bonds. The molecule has 1 aliphatic heterocycles. The van der Waals surface area contributed by atoms with Crippen molar-refractivity contribution in [1.29, 1.82) is 0 Å². The highest BCUT2D eigenvalue weighted by molar-refractivity contribution is 7.91. The van der Waals surface area contributed by atoms with Crippen LogP contribution in [0.2, 0.25) is 0 Å². The van der Waals surface area contributed by atoms with Crippen LogP contribution in [-0.4, -0.2) is 36.0 Å². The largest absolute Gasteiger partial charge is 0.357 e. The molecule has 16 heavy (non-hydrogen) atoms. The Kier molecular flexibility index (Phi) is 2.88. The number of anilines is 1. The van der Waals surface area contributed by atoms with Crippen molar-refractivity contribution in [2.24, 2.45) is 7.05 Å². The molecule has 2 rings (SSSR count). The number of aromatic nitrogens is 3. The number of hydrogen-bond donors (Lipinski definition) is 1. The summed E-state index contributed by atoms with van der Waals surface area (Å²) in [7, 11) is 0.477. The highest BCUT2D eigenvalue weighted by Crippen LogP contribution is 2.32. The van der Waals surface area contributed by atoms with Crippen molar-refractivity contribution in [2.45, 2.75) is 24.5 Å². The lowest BCUT2D eigenvalue weighted by Gasteiger charge is -2.21. The monoisotopic (exact) mass is 244 g/mol. The molecule has 1 fully saturated rings. The van der Waals surface area contributed by atoms with Crippen LogP contribution in [0.5, 0.6) is 0 Å². The smallest absolute Gasteiger partial charge is 0.224 e. The van der Waals surface area contributed by atoms with Crippen LogP contribution in [0.1, 0.15) is 30.3 Å². The summed E-state index contributed by atoms with van der Waals surface area (Å²) >= 11 is 0. The van der Waals surface area contributed by atoms with E-state index in [9.17, 15) is 8.42 Å². The minimum absolute atomic E-state index is 0.263. The van der Waals surface area contributed by atoms with Gasteiger partial charge >= 0.3 is 0 Å². The lowest BCUT2D eigenvalue weighted by atomic mass is 10.2. The number of nitrogens with zero attached hydrogens (tertiary/aromatic N) is 3. The number of sulfone groups is 1. The molecule has 1 atom stereocenters. The minimum atomic E-state index is -3.05. The molecule has 1 saturated heterocycles. The van der Waals surface area contributed by atoms with E-state index in [0.29, 0.717) is 18.2 Å². The Morgan fingerprint density at radius 3 is 2.69 bits per heavy atom. The molecule has 6 nitrogen and oxygen atoms in total. The van der Waals surface area contributed by atoms with Gasteiger partial charge in [-0.05, 0) is 12.8 Å². The normalized spacial score (nSPS) is 24.2. The van der Waals surface area contributed by atoms with E-state index in [1.807, 2.05) is 0 Å². The Bertz CT molecular complexity index is 480. The van der Waals surface area contributed by atoms with Crippen LogP contribution in [-0.2, 0) is 16.9 Å². The van der Waals surface area contributed by atoms with Gasteiger partial charge in [0.05, 0.1) is 5.75 Å². The maximum absolute atomic E-state index is 11.9. The van der Waals surface area contributed by atoms with E-state index in [2.05, 4.69) is 15.5 Å². The van der Waals surface area contributed by atoms with Crippen LogP contribution in [0.15, 0.2) is 0 Å². The first-order valence-corrected chi connectivity index (χ1v) is 7.06. The Morgan fingerprint density at radius 1 is 1.38 bits per heavy atom. The van der Waals surface area contributed by atoms with Gasteiger partial charge in [-0.15, -0.1) is 10.2 Å². The Morgan fingerprint density at radius 2 is 2.12 bits per heavy atom. The lowest BCUT2D eigenvalue weighted by molar-refractivity contribution is 0.532. The molecule has 1 aromatic rings. The van der Waals surface area contributed by atoms with Crippen LogP contribution in [0.25, 0.3) is 0 Å². The summed E-state index contributed by atoms with van der Waals surface area (Å²) in [5, 5.41) is 10.3. The topological polar surface area (TPSA) is 76.9 Å². The molecule has 90 valence electrons.